The van der Waals surface area contributed by atoms with Crippen LogP contribution in [0.1, 0.15) is 55.6 Å². The van der Waals surface area contributed by atoms with E-state index in [9.17, 15) is 5.11 Å². The van der Waals surface area contributed by atoms with E-state index in [0.717, 1.165) is 49.0 Å². The fourth-order valence-electron chi connectivity index (χ4n) is 2.55. The Hall–Kier alpha value is -1.14. The summed E-state index contributed by atoms with van der Waals surface area (Å²) in [6, 6.07) is 0. The molecular formula is C17H32N4OS. The molecule has 3 N–H and O–H groups in total. The van der Waals surface area contributed by atoms with Crippen molar-refractivity contribution in [3.05, 3.63) is 15.6 Å². The molecule has 132 valence electrons. The molecule has 0 fully saturated rings. The Kier molecular flexibility index (Phi) is 8.55. The lowest BCUT2D eigenvalue weighted by Gasteiger charge is -2.32. The van der Waals surface area contributed by atoms with Gasteiger partial charge in [-0.15, -0.1) is 11.3 Å². The summed E-state index contributed by atoms with van der Waals surface area (Å²) in [6.45, 7) is 13.0. The molecule has 0 aliphatic rings. The molecular weight excluding hydrogens is 308 g/mol. The maximum absolute atomic E-state index is 9.33. The van der Waals surface area contributed by atoms with Gasteiger partial charge in [-0.1, -0.05) is 13.8 Å². The first kappa shape index (κ1) is 19.9. The largest absolute Gasteiger partial charge is 0.396 e. The van der Waals surface area contributed by atoms with Gasteiger partial charge in [0.25, 0.3) is 0 Å². The van der Waals surface area contributed by atoms with Crippen molar-refractivity contribution in [3.63, 3.8) is 0 Å². The number of guanidine groups is 1. The summed E-state index contributed by atoms with van der Waals surface area (Å²) in [5.41, 5.74) is 1.22. The topological polar surface area (TPSA) is 69.5 Å². The van der Waals surface area contributed by atoms with E-state index in [1.54, 1.807) is 11.3 Å². The highest BCUT2D eigenvalue weighted by molar-refractivity contribution is 7.11. The second-order valence-corrected chi connectivity index (χ2v) is 7.27. The molecule has 0 amide bonds. The van der Waals surface area contributed by atoms with E-state index < -0.39 is 0 Å². The molecule has 23 heavy (non-hydrogen) atoms. The number of rotatable bonds is 9. The second kappa shape index (κ2) is 9.88. The first-order valence-electron chi connectivity index (χ1n) is 8.56. The minimum absolute atomic E-state index is 0.124. The van der Waals surface area contributed by atoms with Crippen molar-refractivity contribution < 1.29 is 5.11 Å². The van der Waals surface area contributed by atoms with E-state index >= 15 is 0 Å². The quantitative estimate of drug-likeness (QED) is 0.477. The van der Waals surface area contributed by atoms with Crippen LogP contribution in [-0.4, -0.2) is 35.7 Å². The monoisotopic (exact) mass is 340 g/mol. The molecule has 0 aliphatic heterocycles. The molecule has 0 spiro atoms. The SMILES string of the molecule is CCNC(=NCc1nc(C)c(C)s1)NCC(CC)(CC)CCO. The van der Waals surface area contributed by atoms with Gasteiger partial charge in [-0.2, -0.15) is 0 Å². The molecule has 0 saturated carbocycles. The summed E-state index contributed by atoms with van der Waals surface area (Å²) in [6.07, 6.45) is 2.90. The Morgan fingerprint density at radius 1 is 1.22 bits per heavy atom. The Morgan fingerprint density at radius 3 is 2.39 bits per heavy atom. The molecule has 0 aromatic carbocycles. The first-order chi connectivity index (χ1) is 11.0. The summed E-state index contributed by atoms with van der Waals surface area (Å²) in [5.74, 6) is 0.822. The van der Waals surface area contributed by atoms with Crippen LogP contribution in [0.3, 0.4) is 0 Å². The van der Waals surface area contributed by atoms with Crippen LogP contribution < -0.4 is 10.6 Å². The smallest absolute Gasteiger partial charge is 0.191 e. The van der Waals surface area contributed by atoms with E-state index in [-0.39, 0.29) is 12.0 Å². The van der Waals surface area contributed by atoms with Gasteiger partial charge in [0.05, 0.1) is 12.2 Å². The molecule has 1 rings (SSSR count). The van der Waals surface area contributed by atoms with Gasteiger partial charge in [-0.3, -0.25) is 0 Å². The third-order valence-corrected chi connectivity index (χ3v) is 5.62. The third kappa shape index (κ3) is 6.11. The molecule has 1 aromatic heterocycles. The Bertz CT molecular complexity index is 475. The second-order valence-electron chi connectivity index (χ2n) is 5.98. The van der Waals surface area contributed by atoms with Crippen LogP contribution >= 0.6 is 11.3 Å². The lowest BCUT2D eigenvalue weighted by atomic mass is 9.79. The van der Waals surface area contributed by atoms with Crippen LogP contribution in [0.15, 0.2) is 4.99 Å². The van der Waals surface area contributed by atoms with E-state index in [2.05, 4.69) is 48.3 Å². The fourth-order valence-corrected chi connectivity index (χ4v) is 3.40. The van der Waals surface area contributed by atoms with Crippen LogP contribution in [0, 0.1) is 19.3 Å². The van der Waals surface area contributed by atoms with Crippen LogP contribution in [0.4, 0.5) is 0 Å². The molecule has 0 aliphatic carbocycles. The van der Waals surface area contributed by atoms with Gasteiger partial charge < -0.3 is 15.7 Å². The Morgan fingerprint density at radius 2 is 1.91 bits per heavy atom. The molecule has 1 heterocycles. The summed E-state index contributed by atoms with van der Waals surface area (Å²) in [4.78, 5) is 10.4. The van der Waals surface area contributed by atoms with Crippen molar-refractivity contribution in [2.75, 3.05) is 19.7 Å². The number of aliphatic hydroxyl groups excluding tert-OH is 1. The fraction of sp³-hybridized carbons (Fsp3) is 0.765. The summed E-state index contributed by atoms with van der Waals surface area (Å²) in [5, 5.41) is 17.1. The van der Waals surface area contributed by atoms with E-state index in [0.29, 0.717) is 6.54 Å². The zero-order valence-corrected chi connectivity index (χ0v) is 16.0. The van der Waals surface area contributed by atoms with Crippen LogP contribution in [0.25, 0.3) is 0 Å². The number of aliphatic hydroxyl groups is 1. The summed E-state index contributed by atoms with van der Waals surface area (Å²) < 4.78 is 0. The van der Waals surface area contributed by atoms with E-state index in [1.807, 2.05) is 6.92 Å². The standard InChI is InChI=1S/C17H32N4OS/c1-6-17(7-2,9-10-22)12-20-16(18-8-3)19-11-15-21-13(4)14(5)23-15/h22H,6-12H2,1-5H3,(H2,18,19,20). The number of aromatic nitrogens is 1. The number of nitrogens with one attached hydrogen (secondary N) is 2. The van der Waals surface area contributed by atoms with Crippen LogP contribution in [0.5, 0.6) is 0 Å². The van der Waals surface area contributed by atoms with Crippen molar-refractivity contribution in [1.82, 2.24) is 15.6 Å². The zero-order valence-electron chi connectivity index (χ0n) is 15.2. The van der Waals surface area contributed by atoms with E-state index in [1.165, 1.54) is 4.88 Å². The van der Waals surface area contributed by atoms with Crippen molar-refractivity contribution in [1.29, 1.82) is 0 Å². The highest BCUT2D eigenvalue weighted by atomic mass is 32.1. The number of aryl methyl sites for hydroxylation is 2. The highest BCUT2D eigenvalue weighted by Gasteiger charge is 2.25. The van der Waals surface area contributed by atoms with Crippen LogP contribution in [0.2, 0.25) is 0 Å². The number of aliphatic imine (C=N–C) groups is 1. The number of hydrogen-bond acceptors (Lipinski definition) is 4. The van der Waals surface area contributed by atoms with Gasteiger partial charge in [-0.05, 0) is 45.4 Å². The van der Waals surface area contributed by atoms with Crippen molar-refractivity contribution in [3.8, 4) is 0 Å². The number of nitrogens with zero attached hydrogens (tertiary/aromatic N) is 2. The molecule has 0 atom stereocenters. The maximum Gasteiger partial charge on any atom is 0.191 e. The van der Waals surface area contributed by atoms with Gasteiger partial charge in [0, 0.05) is 24.6 Å². The lowest BCUT2D eigenvalue weighted by Crippen LogP contribution is -2.43. The summed E-state index contributed by atoms with van der Waals surface area (Å²) >= 11 is 1.71. The van der Waals surface area contributed by atoms with Gasteiger partial charge >= 0.3 is 0 Å². The lowest BCUT2D eigenvalue weighted by molar-refractivity contribution is 0.169. The third-order valence-electron chi connectivity index (χ3n) is 4.56. The van der Waals surface area contributed by atoms with E-state index in [4.69, 9.17) is 0 Å². The normalized spacial score (nSPS) is 12.5. The van der Waals surface area contributed by atoms with Crippen molar-refractivity contribution in [2.45, 2.75) is 60.4 Å². The number of thiazole rings is 1. The Labute approximate surface area is 144 Å². The average molecular weight is 341 g/mol. The van der Waals surface area contributed by atoms with Crippen molar-refractivity contribution in [2.24, 2.45) is 10.4 Å². The van der Waals surface area contributed by atoms with Gasteiger partial charge in [0.15, 0.2) is 5.96 Å². The predicted octanol–water partition coefficient (Wildman–Crippen LogP) is 3.00. The van der Waals surface area contributed by atoms with Gasteiger partial charge in [0.2, 0.25) is 0 Å². The Balaban J connectivity index is 2.71. The summed E-state index contributed by atoms with van der Waals surface area (Å²) in [7, 11) is 0. The van der Waals surface area contributed by atoms with Crippen molar-refractivity contribution >= 4 is 17.3 Å². The zero-order chi connectivity index (χ0) is 17.3. The van der Waals surface area contributed by atoms with Gasteiger partial charge in [-0.25, -0.2) is 9.98 Å². The molecule has 5 nitrogen and oxygen atoms in total. The molecule has 6 heteroatoms. The average Bonchev–Trinajstić information content (AvgIpc) is 2.87. The molecule has 1 aromatic rings. The molecule has 0 bridgehead atoms. The highest BCUT2D eigenvalue weighted by Crippen LogP contribution is 2.29. The molecule has 0 radical (unpaired) electrons. The van der Waals surface area contributed by atoms with Crippen LogP contribution in [-0.2, 0) is 6.54 Å². The first-order valence-corrected chi connectivity index (χ1v) is 9.37. The molecule has 0 saturated heterocycles. The predicted molar refractivity (Wildman–Crippen MR) is 99.1 cm³/mol. The minimum Gasteiger partial charge on any atom is -0.396 e. The van der Waals surface area contributed by atoms with Gasteiger partial charge in [0.1, 0.15) is 5.01 Å². The minimum atomic E-state index is 0.124. The molecule has 0 unspecified atom stereocenters. The maximum atomic E-state index is 9.33. The number of hydrogen-bond donors (Lipinski definition) is 3.